The van der Waals surface area contributed by atoms with Crippen LogP contribution in [0.2, 0.25) is 0 Å². The predicted octanol–water partition coefficient (Wildman–Crippen LogP) is 2.25. The molecule has 3 N–H and O–H groups in total. The Labute approximate surface area is 115 Å². The summed E-state index contributed by atoms with van der Waals surface area (Å²) in [6, 6.07) is 3.65. The molecule has 1 aromatic carbocycles. The standard InChI is InChI=1S/C14H24N2O3/c1-14(2,6-7-15)16-13-11(18-4)8-10(17-3)9-12(13)19-5/h8-9,16H,6-7,15H2,1-5H3. The minimum Gasteiger partial charge on any atom is -0.496 e. The normalized spacial score (nSPS) is 11.1. The van der Waals surface area contributed by atoms with Crippen molar-refractivity contribution in [3.8, 4) is 17.2 Å². The number of anilines is 1. The molecule has 1 aromatic rings. The van der Waals surface area contributed by atoms with Gasteiger partial charge in [0.2, 0.25) is 0 Å². The van der Waals surface area contributed by atoms with Crippen molar-refractivity contribution in [2.24, 2.45) is 5.73 Å². The van der Waals surface area contributed by atoms with E-state index in [1.165, 1.54) is 0 Å². The van der Waals surface area contributed by atoms with Crippen LogP contribution in [0.15, 0.2) is 12.1 Å². The average Bonchev–Trinajstić information content (AvgIpc) is 2.38. The van der Waals surface area contributed by atoms with Crippen molar-refractivity contribution in [3.05, 3.63) is 12.1 Å². The van der Waals surface area contributed by atoms with Gasteiger partial charge in [0.15, 0.2) is 0 Å². The summed E-state index contributed by atoms with van der Waals surface area (Å²) in [5, 5.41) is 3.42. The first-order valence-electron chi connectivity index (χ1n) is 6.25. The lowest BCUT2D eigenvalue weighted by molar-refractivity contribution is 0.375. The Kier molecular flexibility index (Phi) is 5.30. The summed E-state index contributed by atoms with van der Waals surface area (Å²) in [5.74, 6) is 2.05. The highest BCUT2D eigenvalue weighted by Crippen LogP contribution is 2.40. The maximum Gasteiger partial charge on any atom is 0.149 e. The molecule has 0 aliphatic rings. The average molecular weight is 268 g/mol. The molecule has 5 nitrogen and oxygen atoms in total. The molecule has 0 atom stereocenters. The molecular weight excluding hydrogens is 244 g/mol. The van der Waals surface area contributed by atoms with Crippen LogP contribution in [0.25, 0.3) is 0 Å². The van der Waals surface area contributed by atoms with E-state index in [2.05, 4.69) is 19.2 Å². The highest BCUT2D eigenvalue weighted by Gasteiger charge is 2.22. The van der Waals surface area contributed by atoms with E-state index in [0.29, 0.717) is 23.8 Å². The first kappa shape index (κ1) is 15.4. The lowest BCUT2D eigenvalue weighted by Crippen LogP contribution is -2.33. The fourth-order valence-electron chi connectivity index (χ4n) is 1.89. The lowest BCUT2D eigenvalue weighted by atomic mass is 10.00. The third-order valence-corrected chi connectivity index (χ3v) is 2.95. The predicted molar refractivity (Wildman–Crippen MR) is 77.5 cm³/mol. The Morgan fingerprint density at radius 2 is 1.58 bits per heavy atom. The summed E-state index contributed by atoms with van der Waals surface area (Å²) in [7, 11) is 4.85. The summed E-state index contributed by atoms with van der Waals surface area (Å²) in [5.41, 5.74) is 6.29. The van der Waals surface area contributed by atoms with Crippen LogP contribution in [-0.4, -0.2) is 33.4 Å². The fourth-order valence-corrected chi connectivity index (χ4v) is 1.89. The molecule has 108 valence electrons. The zero-order valence-electron chi connectivity index (χ0n) is 12.4. The Morgan fingerprint density at radius 1 is 1.05 bits per heavy atom. The maximum atomic E-state index is 5.63. The molecule has 0 saturated heterocycles. The first-order chi connectivity index (χ1) is 8.97. The van der Waals surface area contributed by atoms with E-state index in [9.17, 15) is 0 Å². The van der Waals surface area contributed by atoms with Crippen LogP contribution in [0.1, 0.15) is 20.3 Å². The Balaban J connectivity index is 3.17. The van der Waals surface area contributed by atoms with Crippen LogP contribution < -0.4 is 25.3 Å². The molecule has 19 heavy (non-hydrogen) atoms. The molecule has 0 fully saturated rings. The monoisotopic (exact) mass is 268 g/mol. The van der Waals surface area contributed by atoms with Crippen LogP contribution in [0.4, 0.5) is 5.69 Å². The summed E-state index contributed by atoms with van der Waals surface area (Å²) < 4.78 is 16.0. The molecule has 0 unspecified atom stereocenters. The van der Waals surface area contributed by atoms with E-state index < -0.39 is 0 Å². The lowest BCUT2D eigenvalue weighted by Gasteiger charge is -2.29. The van der Waals surface area contributed by atoms with Crippen molar-refractivity contribution in [1.29, 1.82) is 0 Å². The molecule has 0 radical (unpaired) electrons. The number of benzene rings is 1. The number of hydrogen-bond acceptors (Lipinski definition) is 5. The second-order valence-corrected chi connectivity index (χ2v) is 4.95. The summed E-state index contributed by atoms with van der Waals surface area (Å²) >= 11 is 0. The zero-order chi connectivity index (χ0) is 14.5. The van der Waals surface area contributed by atoms with Gasteiger partial charge in [0.05, 0.1) is 21.3 Å². The van der Waals surface area contributed by atoms with E-state index in [1.54, 1.807) is 21.3 Å². The molecule has 0 aromatic heterocycles. The van der Waals surface area contributed by atoms with Gasteiger partial charge in [0.25, 0.3) is 0 Å². The van der Waals surface area contributed by atoms with E-state index in [-0.39, 0.29) is 5.54 Å². The van der Waals surface area contributed by atoms with Crippen LogP contribution in [0, 0.1) is 0 Å². The van der Waals surface area contributed by atoms with Gasteiger partial charge in [-0.1, -0.05) is 0 Å². The Morgan fingerprint density at radius 3 is 1.95 bits per heavy atom. The second-order valence-electron chi connectivity index (χ2n) is 4.95. The van der Waals surface area contributed by atoms with E-state index in [4.69, 9.17) is 19.9 Å². The molecule has 0 amide bonds. The van der Waals surface area contributed by atoms with Crippen LogP contribution >= 0.6 is 0 Å². The van der Waals surface area contributed by atoms with Crippen molar-refractivity contribution in [1.82, 2.24) is 0 Å². The maximum absolute atomic E-state index is 5.63. The van der Waals surface area contributed by atoms with Crippen molar-refractivity contribution in [2.45, 2.75) is 25.8 Å². The third kappa shape index (κ3) is 3.92. The third-order valence-electron chi connectivity index (χ3n) is 2.95. The summed E-state index contributed by atoms with van der Waals surface area (Å²) in [6.45, 7) is 4.78. The molecule has 0 saturated carbocycles. The molecule has 0 heterocycles. The van der Waals surface area contributed by atoms with Crippen LogP contribution in [0.5, 0.6) is 17.2 Å². The van der Waals surface area contributed by atoms with Gasteiger partial charge >= 0.3 is 0 Å². The van der Waals surface area contributed by atoms with Crippen molar-refractivity contribution >= 4 is 5.69 Å². The van der Waals surface area contributed by atoms with E-state index in [1.807, 2.05) is 12.1 Å². The van der Waals surface area contributed by atoms with Gasteiger partial charge in [-0.3, -0.25) is 0 Å². The van der Waals surface area contributed by atoms with Gasteiger partial charge in [-0.05, 0) is 26.8 Å². The van der Waals surface area contributed by atoms with Crippen LogP contribution in [0.3, 0.4) is 0 Å². The summed E-state index contributed by atoms with van der Waals surface area (Å²) in [4.78, 5) is 0. The molecule has 5 heteroatoms. The molecule has 1 rings (SSSR count). The Hall–Kier alpha value is -1.62. The fraction of sp³-hybridized carbons (Fsp3) is 0.571. The van der Waals surface area contributed by atoms with Gasteiger partial charge in [0.1, 0.15) is 22.9 Å². The van der Waals surface area contributed by atoms with Crippen molar-refractivity contribution < 1.29 is 14.2 Å². The van der Waals surface area contributed by atoms with Crippen molar-refractivity contribution in [3.63, 3.8) is 0 Å². The number of ether oxygens (including phenoxy) is 3. The quantitative estimate of drug-likeness (QED) is 0.794. The molecule has 0 spiro atoms. The van der Waals surface area contributed by atoms with Gasteiger partial charge in [-0.2, -0.15) is 0 Å². The van der Waals surface area contributed by atoms with Crippen LogP contribution in [-0.2, 0) is 0 Å². The SMILES string of the molecule is COc1cc(OC)c(NC(C)(C)CCN)c(OC)c1. The van der Waals surface area contributed by atoms with Gasteiger partial charge in [0, 0.05) is 17.7 Å². The number of nitrogens with two attached hydrogens (primary N) is 1. The first-order valence-corrected chi connectivity index (χ1v) is 6.25. The summed E-state index contributed by atoms with van der Waals surface area (Å²) in [6.07, 6.45) is 0.839. The van der Waals surface area contributed by atoms with E-state index >= 15 is 0 Å². The largest absolute Gasteiger partial charge is 0.496 e. The topological polar surface area (TPSA) is 65.7 Å². The highest BCUT2D eigenvalue weighted by molar-refractivity contribution is 5.69. The van der Waals surface area contributed by atoms with Crippen molar-refractivity contribution in [2.75, 3.05) is 33.2 Å². The smallest absolute Gasteiger partial charge is 0.149 e. The number of methoxy groups -OCH3 is 3. The molecular formula is C14H24N2O3. The number of nitrogens with one attached hydrogen (secondary N) is 1. The molecule has 0 aliphatic carbocycles. The van der Waals surface area contributed by atoms with E-state index in [0.717, 1.165) is 12.1 Å². The highest BCUT2D eigenvalue weighted by atomic mass is 16.5. The second kappa shape index (κ2) is 6.52. The zero-order valence-corrected chi connectivity index (χ0v) is 12.4. The Bertz CT molecular complexity index is 394. The van der Waals surface area contributed by atoms with Gasteiger partial charge < -0.3 is 25.3 Å². The number of hydrogen-bond donors (Lipinski definition) is 2. The van der Waals surface area contributed by atoms with Gasteiger partial charge in [-0.25, -0.2) is 0 Å². The molecule has 0 bridgehead atoms. The molecule has 0 aliphatic heterocycles. The number of rotatable bonds is 7. The minimum absolute atomic E-state index is 0.149. The van der Waals surface area contributed by atoms with Gasteiger partial charge in [-0.15, -0.1) is 0 Å². The minimum atomic E-state index is -0.149.